The third-order valence-corrected chi connectivity index (χ3v) is 3.64. The van der Waals surface area contributed by atoms with Gasteiger partial charge in [-0.25, -0.2) is 0 Å². The molecule has 0 bridgehead atoms. The van der Waals surface area contributed by atoms with Crippen molar-refractivity contribution in [2.45, 2.75) is 12.7 Å². The Kier molecular flexibility index (Phi) is 5.78. The lowest BCUT2D eigenvalue weighted by Gasteiger charge is -2.07. The Morgan fingerprint density at radius 1 is 0.750 bits per heavy atom. The molecule has 3 aromatic rings. The number of nitrogens with zero attached hydrogens (tertiary/aromatic N) is 1. The first-order chi connectivity index (χ1) is 11.0. The second-order valence-corrected chi connectivity index (χ2v) is 5.27. The molecule has 0 unspecified atom stereocenters. The molecule has 0 spiro atoms. The third-order valence-electron chi connectivity index (χ3n) is 3.64. The van der Waals surface area contributed by atoms with Crippen molar-refractivity contribution in [1.82, 2.24) is 0 Å². The summed E-state index contributed by atoms with van der Waals surface area (Å²) in [4.78, 5) is 0. The van der Waals surface area contributed by atoms with E-state index in [-0.39, 0.29) is 17.0 Å². The Balaban J connectivity index is 0.00000208. The van der Waals surface area contributed by atoms with Gasteiger partial charge in [0.2, 0.25) is 5.69 Å². The van der Waals surface area contributed by atoms with E-state index in [9.17, 15) is 13.2 Å². The van der Waals surface area contributed by atoms with Crippen molar-refractivity contribution in [2.75, 3.05) is 0 Å². The third kappa shape index (κ3) is 4.23. The van der Waals surface area contributed by atoms with E-state index < -0.39 is 11.7 Å². The molecule has 0 atom stereocenters. The van der Waals surface area contributed by atoms with Crippen LogP contribution in [-0.4, -0.2) is 0 Å². The summed E-state index contributed by atoms with van der Waals surface area (Å²) in [6, 6.07) is 21.1. The molecule has 0 aliphatic carbocycles. The standard InChI is InChI=1S/C19H15F3N.BrH/c20-19(21,22)17-11-9-15(10-12-17)14-23-13-5-4-8-18(23)16-6-2-1-3-7-16;/h1-13H,14H2;1H/q+1;/p-1. The van der Waals surface area contributed by atoms with Gasteiger partial charge in [0.1, 0.15) is 0 Å². The minimum absolute atomic E-state index is 0. The van der Waals surface area contributed by atoms with Crippen molar-refractivity contribution in [3.05, 3.63) is 90.1 Å². The molecule has 1 heterocycles. The van der Waals surface area contributed by atoms with Crippen molar-refractivity contribution < 1.29 is 34.7 Å². The summed E-state index contributed by atoms with van der Waals surface area (Å²) in [5.74, 6) is 0. The van der Waals surface area contributed by atoms with Crippen molar-refractivity contribution in [3.8, 4) is 11.3 Å². The fraction of sp³-hybridized carbons (Fsp3) is 0.105. The summed E-state index contributed by atoms with van der Waals surface area (Å²) in [6.45, 7) is 0.517. The van der Waals surface area contributed by atoms with Crippen LogP contribution in [0.25, 0.3) is 11.3 Å². The molecule has 2 aromatic carbocycles. The summed E-state index contributed by atoms with van der Waals surface area (Å²) in [5, 5.41) is 0. The lowest BCUT2D eigenvalue weighted by atomic mass is 10.1. The van der Waals surface area contributed by atoms with E-state index >= 15 is 0 Å². The number of alkyl halides is 3. The Hall–Kier alpha value is -2.14. The molecule has 0 aliphatic rings. The van der Waals surface area contributed by atoms with Crippen LogP contribution in [0.2, 0.25) is 0 Å². The smallest absolute Gasteiger partial charge is 0.416 e. The lowest BCUT2D eigenvalue weighted by molar-refractivity contribution is -0.677. The van der Waals surface area contributed by atoms with E-state index in [0.717, 1.165) is 29.0 Å². The topological polar surface area (TPSA) is 3.88 Å². The van der Waals surface area contributed by atoms with E-state index in [0.29, 0.717) is 6.54 Å². The van der Waals surface area contributed by atoms with Gasteiger partial charge >= 0.3 is 6.18 Å². The molecule has 0 saturated carbocycles. The fourth-order valence-corrected chi connectivity index (χ4v) is 2.48. The summed E-state index contributed by atoms with van der Waals surface area (Å²) in [7, 11) is 0. The van der Waals surface area contributed by atoms with Crippen LogP contribution in [-0.2, 0) is 12.7 Å². The number of hydrogen-bond acceptors (Lipinski definition) is 0. The highest BCUT2D eigenvalue weighted by molar-refractivity contribution is 5.55. The average molecular weight is 394 g/mol. The van der Waals surface area contributed by atoms with E-state index in [1.807, 2.05) is 59.3 Å². The van der Waals surface area contributed by atoms with Gasteiger partial charge in [0, 0.05) is 23.3 Å². The van der Waals surface area contributed by atoms with Crippen LogP contribution in [0.5, 0.6) is 0 Å². The first-order valence-corrected chi connectivity index (χ1v) is 7.24. The quantitative estimate of drug-likeness (QED) is 0.596. The summed E-state index contributed by atoms with van der Waals surface area (Å²) in [5.41, 5.74) is 2.29. The Labute approximate surface area is 149 Å². The van der Waals surface area contributed by atoms with Crippen LogP contribution >= 0.6 is 0 Å². The minimum Gasteiger partial charge on any atom is -1.00 e. The van der Waals surface area contributed by atoms with Crippen molar-refractivity contribution in [2.24, 2.45) is 0 Å². The van der Waals surface area contributed by atoms with E-state index in [4.69, 9.17) is 0 Å². The van der Waals surface area contributed by atoms with Crippen LogP contribution in [0, 0.1) is 0 Å². The molecular weight excluding hydrogens is 379 g/mol. The zero-order valence-corrected chi connectivity index (χ0v) is 14.3. The van der Waals surface area contributed by atoms with Gasteiger partial charge in [-0.3, -0.25) is 0 Å². The van der Waals surface area contributed by atoms with E-state index in [1.165, 1.54) is 12.1 Å². The number of halogens is 4. The number of aromatic nitrogens is 1. The fourth-order valence-electron chi connectivity index (χ4n) is 2.48. The van der Waals surface area contributed by atoms with Gasteiger partial charge in [-0.15, -0.1) is 0 Å². The van der Waals surface area contributed by atoms with Crippen molar-refractivity contribution in [3.63, 3.8) is 0 Å². The maximum atomic E-state index is 12.6. The summed E-state index contributed by atoms with van der Waals surface area (Å²) < 4.78 is 39.9. The molecule has 3 rings (SSSR count). The largest absolute Gasteiger partial charge is 1.00 e. The van der Waals surface area contributed by atoms with Gasteiger partial charge in [-0.2, -0.15) is 17.7 Å². The van der Waals surface area contributed by atoms with E-state index in [2.05, 4.69) is 0 Å². The van der Waals surface area contributed by atoms with Gasteiger partial charge in [-0.1, -0.05) is 30.3 Å². The predicted molar refractivity (Wildman–Crippen MR) is 82.6 cm³/mol. The second-order valence-electron chi connectivity index (χ2n) is 5.27. The Morgan fingerprint density at radius 2 is 1.38 bits per heavy atom. The highest BCUT2D eigenvalue weighted by atomic mass is 79.9. The monoisotopic (exact) mass is 393 g/mol. The number of hydrogen-bond donors (Lipinski definition) is 0. The molecule has 0 saturated heterocycles. The van der Waals surface area contributed by atoms with Gasteiger partial charge < -0.3 is 17.0 Å². The van der Waals surface area contributed by atoms with Crippen LogP contribution in [0.4, 0.5) is 13.2 Å². The van der Waals surface area contributed by atoms with Gasteiger partial charge in [-0.05, 0) is 30.3 Å². The molecular formula is C19H15BrF3N. The number of benzene rings is 2. The summed E-state index contributed by atoms with van der Waals surface area (Å²) in [6.07, 6.45) is -2.37. The van der Waals surface area contributed by atoms with Crippen LogP contribution in [0.3, 0.4) is 0 Å². The molecule has 5 heteroatoms. The van der Waals surface area contributed by atoms with Gasteiger partial charge in [0.25, 0.3) is 0 Å². The zero-order chi connectivity index (χ0) is 16.3. The van der Waals surface area contributed by atoms with Crippen LogP contribution in [0.1, 0.15) is 11.1 Å². The van der Waals surface area contributed by atoms with Gasteiger partial charge in [0.05, 0.1) is 5.56 Å². The highest BCUT2D eigenvalue weighted by Gasteiger charge is 2.30. The summed E-state index contributed by atoms with van der Waals surface area (Å²) >= 11 is 0. The SMILES string of the molecule is FC(F)(F)c1ccc(C[n+]2ccccc2-c2ccccc2)cc1.[Br-]. The molecule has 0 N–H and O–H groups in total. The normalized spacial score (nSPS) is 11.0. The van der Waals surface area contributed by atoms with Crippen LogP contribution < -0.4 is 21.5 Å². The predicted octanol–water partition coefficient (Wildman–Crippen LogP) is 1.71. The zero-order valence-electron chi connectivity index (χ0n) is 12.7. The maximum absolute atomic E-state index is 12.6. The molecule has 0 radical (unpaired) electrons. The Morgan fingerprint density at radius 3 is 2.00 bits per heavy atom. The number of rotatable bonds is 3. The van der Waals surface area contributed by atoms with Crippen molar-refractivity contribution in [1.29, 1.82) is 0 Å². The first kappa shape index (κ1) is 18.2. The Bertz CT molecular complexity index is 784. The number of pyridine rings is 1. The molecule has 1 aromatic heterocycles. The lowest BCUT2D eigenvalue weighted by Crippen LogP contribution is -3.00. The van der Waals surface area contributed by atoms with Crippen LogP contribution in [0.15, 0.2) is 79.0 Å². The van der Waals surface area contributed by atoms with Crippen molar-refractivity contribution >= 4 is 0 Å². The molecule has 0 fully saturated rings. The maximum Gasteiger partial charge on any atom is 0.416 e. The first-order valence-electron chi connectivity index (χ1n) is 7.24. The van der Waals surface area contributed by atoms with E-state index in [1.54, 1.807) is 0 Å². The molecule has 124 valence electrons. The van der Waals surface area contributed by atoms with Gasteiger partial charge in [0.15, 0.2) is 12.7 Å². The highest BCUT2D eigenvalue weighted by Crippen LogP contribution is 2.29. The molecule has 1 nitrogen and oxygen atoms in total. The second kappa shape index (κ2) is 7.62. The average Bonchev–Trinajstić information content (AvgIpc) is 2.56. The minimum atomic E-state index is -4.30. The molecule has 0 aliphatic heterocycles. The molecule has 24 heavy (non-hydrogen) atoms. The molecule has 0 amide bonds.